The molecule has 0 aliphatic carbocycles. The molecule has 0 spiro atoms. The summed E-state index contributed by atoms with van der Waals surface area (Å²) in [5.41, 5.74) is 0.655. The maximum atomic E-state index is 14.5. The lowest BCUT2D eigenvalue weighted by atomic mass is 10.0. The Morgan fingerprint density at radius 2 is 1.48 bits per heavy atom. The summed E-state index contributed by atoms with van der Waals surface area (Å²) in [4.78, 5) is 24.3. The van der Waals surface area contributed by atoms with Gasteiger partial charge in [0.05, 0.1) is 11.3 Å². The lowest BCUT2D eigenvalue weighted by Gasteiger charge is -2.14. The maximum Gasteiger partial charge on any atom is 0.337 e. The van der Waals surface area contributed by atoms with Gasteiger partial charge in [0, 0.05) is 22.8 Å². The number of hydrogen-bond acceptors (Lipinski definition) is 3. The predicted molar refractivity (Wildman–Crippen MR) is 120 cm³/mol. The fourth-order valence-corrected chi connectivity index (χ4v) is 3.27. The van der Waals surface area contributed by atoms with Crippen molar-refractivity contribution in [2.45, 2.75) is 0 Å². The minimum atomic E-state index is -1.18. The molecular weight excluding hydrogens is 428 g/mol. The van der Waals surface area contributed by atoms with Crippen LogP contribution < -0.4 is 10.1 Å². The quantitative estimate of drug-likeness (QED) is 0.361. The smallest absolute Gasteiger partial charge is 0.337 e. The highest BCUT2D eigenvalue weighted by molar-refractivity contribution is 6.08. The van der Waals surface area contributed by atoms with Gasteiger partial charge in [0.1, 0.15) is 23.1 Å². The second-order valence-corrected chi connectivity index (χ2v) is 7.06. The molecule has 0 saturated carbocycles. The van der Waals surface area contributed by atoms with Gasteiger partial charge in [-0.2, -0.15) is 0 Å². The van der Waals surface area contributed by atoms with E-state index in [0.29, 0.717) is 11.3 Å². The summed E-state index contributed by atoms with van der Waals surface area (Å²) in [7, 11) is 0. The van der Waals surface area contributed by atoms with Crippen molar-refractivity contribution in [2.24, 2.45) is 0 Å². The molecule has 0 heterocycles. The lowest BCUT2D eigenvalue weighted by molar-refractivity contribution is 0.0698. The molecule has 0 unspecified atom stereocenters. The number of anilines is 1. The van der Waals surface area contributed by atoms with Gasteiger partial charge in [-0.15, -0.1) is 0 Å². The summed E-state index contributed by atoms with van der Waals surface area (Å²) in [6, 6.07) is 22.3. The van der Waals surface area contributed by atoms with E-state index in [-0.39, 0.29) is 28.1 Å². The number of rotatable bonds is 6. The van der Waals surface area contributed by atoms with Gasteiger partial charge >= 0.3 is 5.97 Å². The highest BCUT2D eigenvalue weighted by Crippen LogP contribution is 2.36. The third-order valence-electron chi connectivity index (χ3n) is 4.84. The average Bonchev–Trinajstić information content (AvgIpc) is 2.80. The summed E-state index contributed by atoms with van der Waals surface area (Å²) < 4.78 is 33.8. The van der Waals surface area contributed by atoms with Crippen molar-refractivity contribution in [1.29, 1.82) is 0 Å². The molecule has 4 rings (SSSR count). The fourth-order valence-electron chi connectivity index (χ4n) is 3.27. The molecule has 0 saturated heterocycles. The number of para-hydroxylation sites is 2. The van der Waals surface area contributed by atoms with Crippen molar-refractivity contribution in [1.82, 2.24) is 0 Å². The number of benzene rings is 4. The molecule has 0 aliphatic heterocycles. The number of carboxylic acid groups (broad SMARTS) is 1. The number of halogens is 2. The van der Waals surface area contributed by atoms with Crippen molar-refractivity contribution in [2.75, 3.05) is 5.32 Å². The van der Waals surface area contributed by atoms with Crippen molar-refractivity contribution in [3.63, 3.8) is 0 Å². The lowest BCUT2D eigenvalue weighted by Crippen LogP contribution is -2.15. The Morgan fingerprint density at radius 3 is 2.21 bits per heavy atom. The molecule has 4 aromatic carbocycles. The molecule has 2 N–H and O–H groups in total. The zero-order chi connectivity index (χ0) is 23.4. The van der Waals surface area contributed by atoms with E-state index in [9.17, 15) is 23.5 Å². The molecule has 33 heavy (non-hydrogen) atoms. The van der Waals surface area contributed by atoms with Crippen LogP contribution >= 0.6 is 0 Å². The van der Waals surface area contributed by atoms with Crippen molar-refractivity contribution < 1.29 is 28.2 Å². The van der Waals surface area contributed by atoms with E-state index < -0.39 is 23.5 Å². The average molecular weight is 445 g/mol. The van der Waals surface area contributed by atoms with Gasteiger partial charge in [0.2, 0.25) is 0 Å². The van der Waals surface area contributed by atoms with Gasteiger partial charge < -0.3 is 15.2 Å². The first kappa shape index (κ1) is 21.7. The van der Waals surface area contributed by atoms with Crippen molar-refractivity contribution >= 4 is 17.6 Å². The first-order valence-corrected chi connectivity index (χ1v) is 9.88. The van der Waals surface area contributed by atoms with Crippen LogP contribution in [0.5, 0.6) is 11.5 Å². The zero-order valence-electron chi connectivity index (χ0n) is 17.1. The second kappa shape index (κ2) is 9.32. The summed E-state index contributed by atoms with van der Waals surface area (Å²) in [6.07, 6.45) is 0. The zero-order valence-corrected chi connectivity index (χ0v) is 17.1. The minimum Gasteiger partial charge on any atom is -0.478 e. The van der Waals surface area contributed by atoms with Gasteiger partial charge in [-0.25, -0.2) is 13.6 Å². The molecule has 164 valence electrons. The van der Waals surface area contributed by atoms with Crippen LogP contribution in [0, 0.1) is 11.6 Å². The molecule has 4 aromatic rings. The standard InChI is InChI=1S/C26H17F2NO4/c27-17-11-13-19(22(28)15-17)20-12-10-16(14-24(20)33-18-6-2-1-3-7-18)25(30)29-23-9-5-4-8-21(23)26(31)32/h1-15H,(H,29,30)(H,31,32). The number of ether oxygens (including phenoxy) is 1. The molecular formula is C26H17F2NO4. The summed E-state index contributed by atoms with van der Waals surface area (Å²) in [5, 5.41) is 11.9. The molecule has 7 heteroatoms. The monoisotopic (exact) mass is 445 g/mol. The van der Waals surface area contributed by atoms with Crippen LogP contribution in [0.1, 0.15) is 20.7 Å². The summed E-state index contributed by atoms with van der Waals surface area (Å²) in [6.45, 7) is 0. The molecule has 1 amide bonds. The molecule has 0 atom stereocenters. The summed E-state index contributed by atoms with van der Waals surface area (Å²) >= 11 is 0. The molecule has 0 fully saturated rings. The van der Waals surface area contributed by atoms with E-state index in [1.807, 2.05) is 0 Å². The topological polar surface area (TPSA) is 75.6 Å². The molecule has 0 bridgehead atoms. The second-order valence-electron chi connectivity index (χ2n) is 7.06. The Hall–Kier alpha value is -4.52. The summed E-state index contributed by atoms with van der Waals surface area (Å²) in [5.74, 6) is -2.62. The largest absolute Gasteiger partial charge is 0.478 e. The van der Waals surface area contributed by atoms with Crippen molar-refractivity contribution in [3.8, 4) is 22.6 Å². The highest BCUT2D eigenvalue weighted by atomic mass is 19.1. The van der Waals surface area contributed by atoms with Crippen LogP contribution in [0.2, 0.25) is 0 Å². The van der Waals surface area contributed by atoms with Gasteiger partial charge in [0.15, 0.2) is 0 Å². The molecule has 0 radical (unpaired) electrons. The number of aromatic carboxylic acids is 1. The van der Waals surface area contributed by atoms with E-state index in [2.05, 4.69) is 5.32 Å². The van der Waals surface area contributed by atoms with Crippen LogP contribution in [0.4, 0.5) is 14.5 Å². The van der Waals surface area contributed by atoms with E-state index in [4.69, 9.17) is 4.74 Å². The first-order valence-electron chi connectivity index (χ1n) is 9.88. The molecule has 5 nitrogen and oxygen atoms in total. The van der Waals surface area contributed by atoms with Crippen LogP contribution in [-0.2, 0) is 0 Å². The molecule has 0 aromatic heterocycles. The van der Waals surface area contributed by atoms with Crippen LogP contribution in [0.3, 0.4) is 0 Å². The van der Waals surface area contributed by atoms with Gasteiger partial charge in [-0.1, -0.05) is 30.3 Å². The number of amides is 1. The van der Waals surface area contributed by atoms with Gasteiger partial charge in [0.25, 0.3) is 5.91 Å². The van der Waals surface area contributed by atoms with Crippen LogP contribution in [0.15, 0.2) is 91.0 Å². The van der Waals surface area contributed by atoms with Gasteiger partial charge in [-0.3, -0.25) is 4.79 Å². The highest BCUT2D eigenvalue weighted by Gasteiger charge is 2.18. The number of carbonyl (C=O) groups excluding carboxylic acids is 1. The van der Waals surface area contributed by atoms with E-state index in [1.54, 1.807) is 42.5 Å². The predicted octanol–water partition coefficient (Wildman–Crippen LogP) is 6.37. The van der Waals surface area contributed by atoms with Gasteiger partial charge in [-0.05, 0) is 54.6 Å². The Balaban J connectivity index is 1.74. The van der Waals surface area contributed by atoms with E-state index in [1.165, 1.54) is 36.4 Å². The Kier molecular flexibility index (Phi) is 6.13. The number of nitrogens with one attached hydrogen (secondary N) is 1. The third kappa shape index (κ3) is 4.88. The SMILES string of the molecule is O=C(Nc1ccccc1C(=O)O)c1ccc(-c2ccc(F)cc2F)c(Oc2ccccc2)c1. The van der Waals surface area contributed by atoms with E-state index in [0.717, 1.165) is 12.1 Å². The minimum absolute atomic E-state index is 0.0587. The Bertz CT molecular complexity index is 1340. The Morgan fingerprint density at radius 1 is 0.788 bits per heavy atom. The number of carbonyl (C=O) groups is 2. The Labute approximate surface area is 187 Å². The number of carboxylic acids is 1. The maximum absolute atomic E-state index is 14.5. The van der Waals surface area contributed by atoms with Crippen LogP contribution in [0.25, 0.3) is 11.1 Å². The first-order chi connectivity index (χ1) is 15.9. The van der Waals surface area contributed by atoms with Crippen molar-refractivity contribution in [3.05, 3.63) is 114 Å². The van der Waals surface area contributed by atoms with Crippen LogP contribution in [-0.4, -0.2) is 17.0 Å². The fraction of sp³-hybridized carbons (Fsp3) is 0. The molecule has 0 aliphatic rings. The number of hydrogen-bond donors (Lipinski definition) is 2. The normalized spacial score (nSPS) is 10.5. The third-order valence-corrected chi connectivity index (χ3v) is 4.84. The van der Waals surface area contributed by atoms with E-state index >= 15 is 0 Å².